The standard InChI is InChI=1S/C13H16N2O2/c1-9(14)5-11-7-12(15(2)8-16)6-10-3-4-17-13(10)11/h3-4,6-9H,5,14H2,1-2H3. The van der Waals surface area contributed by atoms with Crippen molar-refractivity contribution >= 4 is 23.1 Å². The normalized spacial score (nSPS) is 12.6. The number of fused-ring (bicyclic) bond motifs is 1. The van der Waals surface area contributed by atoms with Gasteiger partial charge in [-0.05, 0) is 37.1 Å². The van der Waals surface area contributed by atoms with Gasteiger partial charge in [-0.15, -0.1) is 0 Å². The van der Waals surface area contributed by atoms with Crippen LogP contribution in [-0.4, -0.2) is 19.5 Å². The molecule has 0 aliphatic heterocycles. The van der Waals surface area contributed by atoms with Gasteiger partial charge in [0.15, 0.2) is 0 Å². The summed E-state index contributed by atoms with van der Waals surface area (Å²) in [6.45, 7) is 1.95. The predicted molar refractivity (Wildman–Crippen MR) is 68.0 cm³/mol. The molecule has 4 nitrogen and oxygen atoms in total. The Morgan fingerprint density at radius 2 is 2.29 bits per heavy atom. The molecule has 0 spiro atoms. The summed E-state index contributed by atoms with van der Waals surface area (Å²) in [5.41, 5.74) is 8.56. The first-order valence-corrected chi connectivity index (χ1v) is 5.55. The van der Waals surface area contributed by atoms with Crippen molar-refractivity contribution in [2.75, 3.05) is 11.9 Å². The monoisotopic (exact) mass is 232 g/mol. The molecular formula is C13H16N2O2. The first kappa shape index (κ1) is 11.7. The molecule has 0 aliphatic carbocycles. The van der Waals surface area contributed by atoms with Crippen LogP contribution in [0, 0.1) is 0 Å². The van der Waals surface area contributed by atoms with Crippen LogP contribution in [0.2, 0.25) is 0 Å². The number of carbonyl (C=O) groups excluding carboxylic acids is 1. The second-order valence-corrected chi connectivity index (χ2v) is 4.34. The highest BCUT2D eigenvalue weighted by Gasteiger charge is 2.10. The van der Waals surface area contributed by atoms with Gasteiger partial charge in [-0.1, -0.05) is 0 Å². The lowest BCUT2D eigenvalue weighted by Crippen LogP contribution is -2.19. The summed E-state index contributed by atoms with van der Waals surface area (Å²) in [6.07, 6.45) is 3.17. The molecule has 1 atom stereocenters. The number of furan rings is 1. The van der Waals surface area contributed by atoms with Crippen molar-refractivity contribution in [1.29, 1.82) is 0 Å². The van der Waals surface area contributed by atoms with E-state index in [1.165, 1.54) is 4.90 Å². The van der Waals surface area contributed by atoms with Gasteiger partial charge in [0, 0.05) is 24.2 Å². The molecule has 1 aromatic carbocycles. The van der Waals surface area contributed by atoms with Gasteiger partial charge in [0.05, 0.1) is 6.26 Å². The van der Waals surface area contributed by atoms with E-state index in [-0.39, 0.29) is 6.04 Å². The van der Waals surface area contributed by atoms with E-state index in [0.717, 1.165) is 35.1 Å². The minimum atomic E-state index is 0.0556. The van der Waals surface area contributed by atoms with E-state index in [0.29, 0.717) is 0 Å². The van der Waals surface area contributed by atoms with Crippen LogP contribution in [0.3, 0.4) is 0 Å². The minimum Gasteiger partial charge on any atom is -0.464 e. The molecular weight excluding hydrogens is 216 g/mol. The minimum absolute atomic E-state index is 0.0556. The lowest BCUT2D eigenvalue weighted by atomic mass is 10.0. The van der Waals surface area contributed by atoms with Crippen molar-refractivity contribution in [3.8, 4) is 0 Å². The maximum atomic E-state index is 10.8. The molecule has 0 fully saturated rings. The Morgan fingerprint density at radius 1 is 1.53 bits per heavy atom. The van der Waals surface area contributed by atoms with Crippen LogP contribution in [0.25, 0.3) is 11.0 Å². The largest absolute Gasteiger partial charge is 0.464 e. The van der Waals surface area contributed by atoms with E-state index in [1.54, 1.807) is 13.3 Å². The van der Waals surface area contributed by atoms with Gasteiger partial charge in [0.1, 0.15) is 5.58 Å². The Kier molecular flexibility index (Phi) is 3.15. The second-order valence-electron chi connectivity index (χ2n) is 4.34. The Balaban J connectivity index is 2.54. The second kappa shape index (κ2) is 4.59. The van der Waals surface area contributed by atoms with Crippen LogP contribution in [0.1, 0.15) is 12.5 Å². The van der Waals surface area contributed by atoms with E-state index in [1.807, 2.05) is 25.1 Å². The molecule has 2 N–H and O–H groups in total. The molecule has 1 heterocycles. The van der Waals surface area contributed by atoms with Crippen molar-refractivity contribution in [3.63, 3.8) is 0 Å². The summed E-state index contributed by atoms with van der Waals surface area (Å²) in [6, 6.07) is 5.82. The summed E-state index contributed by atoms with van der Waals surface area (Å²) < 4.78 is 5.46. The Labute approximate surface area is 100.0 Å². The smallest absolute Gasteiger partial charge is 0.213 e. The van der Waals surface area contributed by atoms with Crippen molar-refractivity contribution in [3.05, 3.63) is 30.0 Å². The first-order chi connectivity index (χ1) is 8.11. The van der Waals surface area contributed by atoms with Crippen LogP contribution in [0.15, 0.2) is 28.9 Å². The predicted octanol–water partition coefficient (Wildman–Crippen LogP) is 1.92. The van der Waals surface area contributed by atoms with Gasteiger partial charge in [-0.3, -0.25) is 4.79 Å². The van der Waals surface area contributed by atoms with Gasteiger partial charge >= 0.3 is 0 Å². The number of carbonyl (C=O) groups is 1. The molecule has 2 rings (SSSR count). The number of rotatable bonds is 4. The van der Waals surface area contributed by atoms with E-state index in [9.17, 15) is 4.79 Å². The lowest BCUT2D eigenvalue weighted by molar-refractivity contribution is -0.107. The summed E-state index contributed by atoms with van der Waals surface area (Å²) in [4.78, 5) is 12.3. The van der Waals surface area contributed by atoms with E-state index < -0.39 is 0 Å². The molecule has 1 unspecified atom stereocenters. The van der Waals surface area contributed by atoms with Crippen molar-refractivity contribution in [1.82, 2.24) is 0 Å². The molecule has 1 amide bonds. The summed E-state index contributed by atoms with van der Waals surface area (Å²) in [5.74, 6) is 0. The Hall–Kier alpha value is -1.81. The molecule has 1 aromatic heterocycles. The van der Waals surface area contributed by atoms with Crippen molar-refractivity contribution in [2.45, 2.75) is 19.4 Å². The number of amides is 1. The number of hydrogen-bond donors (Lipinski definition) is 1. The first-order valence-electron chi connectivity index (χ1n) is 5.55. The number of nitrogens with zero attached hydrogens (tertiary/aromatic N) is 1. The molecule has 0 saturated carbocycles. The summed E-state index contributed by atoms with van der Waals surface area (Å²) in [7, 11) is 1.73. The summed E-state index contributed by atoms with van der Waals surface area (Å²) >= 11 is 0. The van der Waals surface area contributed by atoms with Crippen LogP contribution < -0.4 is 10.6 Å². The van der Waals surface area contributed by atoms with Gasteiger partial charge < -0.3 is 15.1 Å². The van der Waals surface area contributed by atoms with E-state index in [4.69, 9.17) is 10.2 Å². The fourth-order valence-electron chi connectivity index (χ4n) is 1.90. The van der Waals surface area contributed by atoms with Gasteiger partial charge in [0.25, 0.3) is 0 Å². The number of benzene rings is 1. The maximum absolute atomic E-state index is 10.8. The fourth-order valence-corrected chi connectivity index (χ4v) is 1.90. The average molecular weight is 232 g/mol. The van der Waals surface area contributed by atoms with E-state index >= 15 is 0 Å². The van der Waals surface area contributed by atoms with Gasteiger partial charge in [0.2, 0.25) is 6.41 Å². The highest BCUT2D eigenvalue weighted by molar-refractivity contribution is 5.88. The highest BCUT2D eigenvalue weighted by Crippen LogP contribution is 2.27. The van der Waals surface area contributed by atoms with Gasteiger partial charge in [-0.25, -0.2) is 0 Å². The van der Waals surface area contributed by atoms with Crippen LogP contribution in [0.4, 0.5) is 5.69 Å². The van der Waals surface area contributed by atoms with Crippen LogP contribution in [0.5, 0.6) is 0 Å². The molecule has 2 aromatic rings. The maximum Gasteiger partial charge on any atom is 0.213 e. The number of anilines is 1. The van der Waals surface area contributed by atoms with Crippen molar-refractivity contribution < 1.29 is 9.21 Å². The fraction of sp³-hybridized carbons (Fsp3) is 0.308. The van der Waals surface area contributed by atoms with Gasteiger partial charge in [-0.2, -0.15) is 0 Å². The SMILES string of the molecule is CC(N)Cc1cc(N(C)C=O)cc2ccoc12. The summed E-state index contributed by atoms with van der Waals surface area (Å²) in [5, 5.41) is 0.992. The van der Waals surface area contributed by atoms with Crippen LogP contribution in [-0.2, 0) is 11.2 Å². The molecule has 90 valence electrons. The Bertz CT molecular complexity index is 531. The van der Waals surface area contributed by atoms with Crippen molar-refractivity contribution in [2.24, 2.45) is 5.73 Å². The number of nitrogens with two attached hydrogens (primary N) is 1. The third-order valence-electron chi connectivity index (χ3n) is 2.72. The zero-order valence-electron chi connectivity index (χ0n) is 10.0. The third-order valence-corrected chi connectivity index (χ3v) is 2.72. The molecule has 0 saturated heterocycles. The van der Waals surface area contributed by atoms with Crippen LogP contribution >= 0.6 is 0 Å². The third kappa shape index (κ3) is 2.31. The highest BCUT2D eigenvalue weighted by atomic mass is 16.3. The molecule has 0 bridgehead atoms. The van der Waals surface area contributed by atoms with E-state index in [2.05, 4.69) is 0 Å². The average Bonchev–Trinajstić information content (AvgIpc) is 2.75. The molecule has 0 radical (unpaired) electrons. The Morgan fingerprint density at radius 3 is 2.94 bits per heavy atom. The number of hydrogen-bond acceptors (Lipinski definition) is 3. The zero-order chi connectivity index (χ0) is 12.4. The quantitative estimate of drug-likeness (QED) is 0.819. The molecule has 0 aliphatic rings. The molecule has 4 heteroatoms. The lowest BCUT2D eigenvalue weighted by Gasteiger charge is -2.14. The zero-order valence-corrected chi connectivity index (χ0v) is 10.0. The molecule has 17 heavy (non-hydrogen) atoms. The topological polar surface area (TPSA) is 59.5 Å².